The van der Waals surface area contributed by atoms with Gasteiger partial charge in [0, 0.05) is 12.8 Å². The molecule has 37 heavy (non-hydrogen) atoms. The lowest BCUT2D eigenvalue weighted by atomic mass is 9.47. The van der Waals surface area contributed by atoms with Crippen LogP contribution in [0.25, 0.3) is 0 Å². The van der Waals surface area contributed by atoms with E-state index in [1.165, 1.54) is 44.1 Å². The summed E-state index contributed by atoms with van der Waals surface area (Å²) in [7, 11) is 0. The van der Waals surface area contributed by atoms with Crippen molar-refractivity contribution < 1.29 is 47.3 Å². The van der Waals surface area contributed by atoms with E-state index >= 15 is 0 Å². The molecule has 3 heterocycles. The molecule has 1 saturated heterocycles. The first-order valence-electron chi connectivity index (χ1n) is 12.4. The normalized spacial score (nSPS) is 37.9. The van der Waals surface area contributed by atoms with Crippen molar-refractivity contribution in [1.29, 1.82) is 0 Å². The Morgan fingerprint density at radius 1 is 0.919 bits per heavy atom. The molecule has 2 aliphatic carbocycles. The number of fused-ring (bicyclic) bond motifs is 1. The predicted octanol–water partition coefficient (Wildman–Crippen LogP) is 3.67. The van der Waals surface area contributed by atoms with Crippen molar-refractivity contribution in [3.63, 3.8) is 0 Å². The first-order valence-corrected chi connectivity index (χ1v) is 12.4. The Kier molecular flexibility index (Phi) is 5.84. The molecule has 10 heteroatoms. The van der Waals surface area contributed by atoms with E-state index < -0.39 is 64.4 Å². The van der Waals surface area contributed by atoms with E-state index in [0.29, 0.717) is 6.42 Å². The zero-order valence-electron chi connectivity index (χ0n) is 21.5. The number of rotatable bonds is 5. The zero-order valence-corrected chi connectivity index (χ0v) is 21.5. The number of esters is 3. The fraction of sp³-hybridized carbons (Fsp3) is 0.593. The van der Waals surface area contributed by atoms with Gasteiger partial charge in [0.25, 0.3) is 0 Å². The summed E-state index contributed by atoms with van der Waals surface area (Å²) < 4.78 is 34.9. The lowest BCUT2D eigenvalue weighted by molar-refractivity contribution is -0.326. The predicted molar refractivity (Wildman–Crippen MR) is 125 cm³/mol. The second kappa shape index (κ2) is 8.46. The van der Waals surface area contributed by atoms with Crippen LogP contribution in [0.3, 0.4) is 0 Å². The van der Waals surface area contributed by atoms with Gasteiger partial charge in [-0.15, -0.1) is 0 Å². The van der Waals surface area contributed by atoms with Gasteiger partial charge in [-0.25, -0.2) is 9.59 Å². The molecule has 3 aliphatic rings. The second-order valence-electron chi connectivity index (χ2n) is 11.2. The van der Waals surface area contributed by atoms with E-state index in [4.69, 9.17) is 27.8 Å². The Bertz CT molecular complexity index is 1180. The molecular weight excluding hydrogens is 484 g/mol. The van der Waals surface area contributed by atoms with Gasteiger partial charge in [-0.3, -0.25) is 4.79 Å². The molecule has 1 spiro atoms. The Labute approximate surface area is 214 Å². The summed E-state index contributed by atoms with van der Waals surface area (Å²) in [5, 5.41) is 12.0. The summed E-state index contributed by atoms with van der Waals surface area (Å²) >= 11 is 0. The maximum absolute atomic E-state index is 13.2. The van der Waals surface area contributed by atoms with Gasteiger partial charge in [0.15, 0.2) is 0 Å². The molecule has 0 aromatic carbocycles. The van der Waals surface area contributed by atoms with Crippen molar-refractivity contribution in [2.45, 2.75) is 89.0 Å². The van der Waals surface area contributed by atoms with Crippen LogP contribution in [0.2, 0.25) is 0 Å². The van der Waals surface area contributed by atoms with Crippen LogP contribution < -0.4 is 0 Å². The third-order valence-corrected chi connectivity index (χ3v) is 8.69. The highest BCUT2D eigenvalue weighted by atomic mass is 16.6. The Hall–Kier alpha value is -3.11. The van der Waals surface area contributed by atoms with Crippen molar-refractivity contribution in [3.8, 4) is 0 Å². The first-order chi connectivity index (χ1) is 17.3. The zero-order chi connectivity index (χ0) is 26.8. The summed E-state index contributed by atoms with van der Waals surface area (Å²) in [6, 6.07) is 2.99. The van der Waals surface area contributed by atoms with E-state index in [-0.39, 0.29) is 24.0 Å². The minimum atomic E-state index is -1.58. The van der Waals surface area contributed by atoms with Crippen LogP contribution in [-0.4, -0.2) is 58.1 Å². The third kappa shape index (κ3) is 3.64. The summed E-state index contributed by atoms with van der Waals surface area (Å²) in [5.41, 5.74) is -4.84. The first kappa shape index (κ1) is 25.5. The number of ether oxygens (including phenoxy) is 4. The molecule has 0 radical (unpaired) electrons. The van der Waals surface area contributed by atoms with Crippen LogP contribution in [0.4, 0.5) is 0 Å². The summed E-state index contributed by atoms with van der Waals surface area (Å²) in [5.74, 6) is -2.23. The minimum absolute atomic E-state index is 0.200. The van der Waals surface area contributed by atoms with E-state index in [1.54, 1.807) is 13.8 Å². The largest absolute Gasteiger partial charge is 0.472 e. The average molecular weight is 517 g/mol. The lowest BCUT2D eigenvalue weighted by Crippen LogP contribution is -2.79. The highest BCUT2D eigenvalue weighted by Gasteiger charge is 2.82. The van der Waals surface area contributed by atoms with Gasteiger partial charge >= 0.3 is 17.9 Å². The molecule has 1 aliphatic heterocycles. The molecule has 2 aromatic rings. The lowest BCUT2D eigenvalue weighted by Gasteiger charge is -2.64. The van der Waals surface area contributed by atoms with Gasteiger partial charge in [0.2, 0.25) is 0 Å². The van der Waals surface area contributed by atoms with Crippen molar-refractivity contribution in [3.05, 3.63) is 48.3 Å². The van der Waals surface area contributed by atoms with E-state index in [2.05, 4.69) is 0 Å². The summed E-state index contributed by atoms with van der Waals surface area (Å²) in [6.07, 6.45) is 3.47. The molecule has 2 bridgehead atoms. The molecule has 1 N–H and O–H groups in total. The number of carbonyl (C=O) groups is 3. The van der Waals surface area contributed by atoms with E-state index in [9.17, 15) is 19.5 Å². The van der Waals surface area contributed by atoms with E-state index in [1.807, 2.05) is 13.8 Å². The maximum Gasteiger partial charge on any atom is 0.341 e. The van der Waals surface area contributed by atoms with Crippen molar-refractivity contribution in [2.75, 3.05) is 0 Å². The van der Waals surface area contributed by atoms with Gasteiger partial charge in [-0.05, 0) is 59.1 Å². The smallest absolute Gasteiger partial charge is 0.341 e. The number of carbonyl (C=O) groups excluding carboxylic acids is 3. The Balaban J connectivity index is 1.65. The fourth-order valence-corrected chi connectivity index (χ4v) is 6.94. The molecule has 0 unspecified atom stereocenters. The van der Waals surface area contributed by atoms with Crippen LogP contribution in [0.1, 0.15) is 74.6 Å². The van der Waals surface area contributed by atoms with Crippen LogP contribution in [0.15, 0.2) is 46.0 Å². The van der Waals surface area contributed by atoms with Crippen molar-refractivity contribution >= 4 is 17.9 Å². The Morgan fingerprint density at radius 2 is 1.51 bits per heavy atom. The molecule has 200 valence electrons. The van der Waals surface area contributed by atoms with Gasteiger partial charge in [-0.1, -0.05) is 0 Å². The monoisotopic (exact) mass is 516 g/mol. The molecule has 3 fully saturated rings. The molecule has 2 saturated carbocycles. The Morgan fingerprint density at radius 3 is 2.05 bits per heavy atom. The van der Waals surface area contributed by atoms with Crippen LogP contribution in [-0.2, 0) is 23.7 Å². The van der Waals surface area contributed by atoms with Gasteiger partial charge in [0.1, 0.15) is 36.4 Å². The molecule has 0 amide bonds. The third-order valence-electron chi connectivity index (χ3n) is 8.69. The topological polar surface area (TPSA) is 135 Å². The number of furan rings is 2. The maximum atomic E-state index is 13.2. The highest BCUT2D eigenvalue weighted by Crippen LogP contribution is 2.68. The molecule has 5 rings (SSSR count). The number of hydrogen-bond donors (Lipinski definition) is 1. The SMILES string of the molecule is CC(=O)O[C@H]1CC[C@@](C)(O)[C@]23OC(C)(C)[C@H](C[C@@H](OC(=O)c4ccoc4)[C@]12C)[C@@H]3OC(=O)c1ccoc1. The van der Waals surface area contributed by atoms with Crippen molar-refractivity contribution in [1.82, 2.24) is 0 Å². The molecular formula is C27H32O10. The van der Waals surface area contributed by atoms with Gasteiger partial charge in [-0.2, -0.15) is 0 Å². The minimum Gasteiger partial charge on any atom is -0.472 e. The highest BCUT2D eigenvalue weighted by molar-refractivity contribution is 5.89. The van der Waals surface area contributed by atoms with E-state index in [0.717, 1.165) is 0 Å². The summed E-state index contributed by atoms with van der Waals surface area (Å²) in [6.45, 7) is 8.43. The molecule has 10 nitrogen and oxygen atoms in total. The van der Waals surface area contributed by atoms with Crippen LogP contribution in [0.5, 0.6) is 0 Å². The van der Waals surface area contributed by atoms with Gasteiger partial charge in [0.05, 0.1) is 40.3 Å². The standard InChI is InChI=1S/C27H32O10/c1-15(28)34-19-6-9-25(4,31)27-21(36-23(30)17-8-11-33-14-17)18(24(2,3)37-27)12-20(26(19,27)5)35-22(29)16-7-10-32-13-16/h7-8,10-11,13-14,18-21,31H,6,9,12H2,1-5H3/t18-,19+,20-,21+,25-,26+,27+/m1/s1. The van der Waals surface area contributed by atoms with Gasteiger partial charge < -0.3 is 32.9 Å². The quantitative estimate of drug-likeness (QED) is 0.463. The molecule has 7 atom stereocenters. The van der Waals surface area contributed by atoms with Crippen LogP contribution in [0, 0.1) is 11.3 Å². The number of aliphatic hydroxyl groups is 1. The molecule has 2 aromatic heterocycles. The van der Waals surface area contributed by atoms with Crippen LogP contribution >= 0.6 is 0 Å². The van der Waals surface area contributed by atoms with Crippen molar-refractivity contribution in [2.24, 2.45) is 11.3 Å². The fourth-order valence-electron chi connectivity index (χ4n) is 6.94. The average Bonchev–Trinajstić information content (AvgIpc) is 3.55. The number of hydrogen-bond acceptors (Lipinski definition) is 10. The summed E-state index contributed by atoms with van der Waals surface area (Å²) in [4.78, 5) is 38.5. The second-order valence-corrected chi connectivity index (χ2v) is 11.2.